The van der Waals surface area contributed by atoms with Gasteiger partial charge in [-0.3, -0.25) is 4.79 Å². The van der Waals surface area contributed by atoms with Crippen molar-refractivity contribution < 1.29 is 9.90 Å². The van der Waals surface area contributed by atoms with Crippen LogP contribution in [0.25, 0.3) is 21.8 Å². The molecule has 0 spiro atoms. The van der Waals surface area contributed by atoms with Gasteiger partial charge in [-0.25, -0.2) is 4.98 Å². The van der Waals surface area contributed by atoms with E-state index in [1.165, 1.54) is 0 Å². The van der Waals surface area contributed by atoms with Crippen LogP contribution < -0.4 is 5.73 Å². The number of rotatable bonds is 1. The largest absolute Gasteiger partial charge is 0.481 e. The van der Waals surface area contributed by atoms with E-state index < -0.39 is 5.97 Å². The average molecular weight is 268 g/mol. The third-order valence-corrected chi connectivity index (χ3v) is 2.93. The molecule has 4 nitrogen and oxygen atoms in total. The van der Waals surface area contributed by atoms with Crippen LogP contribution in [0.5, 0.6) is 0 Å². The van der Waals surface area contributed by atoms with Gasteiger partial charge < -0.3 is 10.8 Å². The molecule has 3 N–H and O–H groups in total. The van der Waals surface area contributed by atoms with Crippen molar-refractivity contribution in [2.24, 2.45) is 0 Å². The first-order valence-corrected chi connectivity index (χ1v) is 6.38. The second-order valence-electron chi connectivity index (χ2n) is 4.31. The number of aromatic nitrogens is 1. The Balaban J connectivity index is 0.000000257. The standard InChI is InChI=1S/C13H10N2.C3H6O2/c14-13-9-5-1-3-7-11(9)15-12-8-4-2-6-10(12)13;1-2-3(4)5/h1-8H,(H2,14,15);2H2,1H3,(H,4,5). The summed E-state index contributed by atoms with van der Waals surface area (Å²) in [6, 6.07) is 15.9. The predicted molar refractivity (Wildman–Crippen MR) is 81.6 cm³/mol. The molecule has 3 aromatic rings. The molecular formula is C16H16N2O2. The minimum atomic E-state index is -0.745. The number of nitrogens with two attached hydrogens (primary N) is 1. The Labute approximate surface area is 116 Å². The van der Waals surface area contributed by atoms with Crippen molar-refractivity contribution >= 4 is 33.5 Å². The van der Waals surface area contributed by atoms with Crippen molar-refractivity contribution in [1.29, 1.82) is 0 Å². The zero-order valence-electron chi connectivity index (χ0n) is 11.2. The Kier molecular flexibility index (Phi) is 4.15. The first-order valence-electron chi connectivity index (χ1n) is 6.38. The molecule has 0 aliphatic heterocycles. The van der Waals surface area contributed by atoms with Gasteiger partial charge >= 0.3 is 5.97 Å². The summed E-state index contributed by atoms with van der Waals surface area (Å²) >= 11 is 0. The van der Waals surface area contributed by atoms with Gasteiger partial charge in [0, 0.05) is 17.2 Å². The number of anilines is 1. The summed E-state index contributed by atoms with van der Waals surface area (Å²) in [6.07, 6.45) is 0.222. The summed E-state index contributed by atoms with van der Waals surface area (Å²) in [7, 11) is 0. The summed E-state index contributed by atoms with van der Waals surface area (Å²) < 4.78 is 0. The molecule has 1 aromatic heterocycles. The van der Waals surface area contributed by atoms with Crippen molar-refractivity contribution in [2.75, 3.05) is 5.73 Å². The minimum Gasteiger partial charge on any atom is -0.481 e. The molecule has 0 amide bonds. The molecule has 1 heterocycles. The van der Waals surface area contributed by atoms with E-state index >= 15 is 0 Å². The number of carboxylic acids is 1. The lowest BCUT2D eigenvalue weighted by molar-refractivity contribution is -0.136. The van der Waals surface area contributed by atoms with Crippen molar-refractivity contribution in [3.05, 3.63) is 48.5 Å². The topological polar surface area (TPSA) is 76.2 Å². The smallest absolute Gasteiger partial charge is 0.303 e. The molecule has 0 aliphatic rings. The second kappa shape index (κ2) is 6.02. The molecule has 2 aromatic carbocycles. The summed E-state index contributed by atoms with van der Waals surface area (Å²) in [5.74, 6) is -0.745. The number of benzene rings is 2. The zero-order chi connectivity index (χ0) is 14.5. The van der Waals surface area contributed by atoms with Crippen LogP contribution in [0.4, 0.5) is 5.69 Å². The van der Waals surface area contributed by atoms with E-state index in [0.29, 0.717) is 0 Å². The van der Waals surface area contributed by atoms with Gasteiger partial charge in [-0.2, -0.15) is 0 Å². The molecule has 102 valence electrons. The van der Waals surface area contributed by atoms with E-state index in [0.717, 1.165) is 27.5 Å². The Morgan fingerprint density at radius 2 is 1.45 bits per heavy atom. The molecule has 0 saturated carbocycles. The number of aliphatic carboxylic acids is 1. The summed E-state index contributed by atoms with van der Waals surface area (Å²) in [4.78, 5) is 13.9. The Morgan fingerprint density at radius 1 is 1.05 bits per heavy atom. The molecule has 0 aliphatic carbocycles. The monoisotopic (exact) mass is 268 g/mol. The van der Waals surface area contributed by atoms with Crippen LogP contribution >= 0.6 is 0 Å². The van der Waals surface area contributed by atoms with Crippen molar-refractivity contribution in [3.8, 4) is 0 Å². The third kappa shape index (κ3) is 2.85. The van der Waals surface area contributed by atoms with Gasteiger partial charge in [0.1, 0.15) is 0 Å². The second-order valence-corrected chi connectivity index (χ2v) is 4.31. The molecule has 4 heteroatoms. The van der Waals surface area contributed by atoms with E-state index in [9.17, 15) is 4.79 Å². The highest BCUT2D eigenvalue weighted by atomic mass is 16.4. The van der Waals surface area contributed by atoms with E-state index in [-0.39, 0.29) is 6.42 Å². The molecule has 20 heavy (non-hydrogen) atoms. The summed E-state index contributed by atoms with van der Waals surface area (Å²) in [5, 5.41) is 9.77. The fraction of sp³-hybridized carbons (Fsp3) is 0.125. The number of hydrogen-bond acceptors (Lipinski definition) is 3. The van der Waals surface area contributed by atoms with Crippen LogP contribution in [0.2, 0.25) is 0 Å². The first kappa shape index (κ1) is 13.8. The minimum absolute atomic E-state index is 0.222. The van der Waals surface area contributed by atoms with Gasteiger partial charge in [0.25, 0.3) is 0 Å². The maximum absolute atomic E-state index is 9.37. The number of carbonyl (C=O) groups is 1. The number of para-hydroxylation sites is 2. The zero-order valence-corrected chi connectivity index (χ0v) is 11.2. The lowest BCUT2D eigenvalue weighted by atomic mass is 10.1. The predicted octanol–water partition coefficient (Wildman–Crippen LogP) is 3.45. The van der Waals surface area contributed by atoms with Crippen LogP contribution in [-0.4, -0.2) is 16.1 Å². The van der Waals surface area contributed by atoms with E-state index in [2.05, 4.69) is 4.98 Å². The number of hydrogen-bond donors (Lipinski definition) is 2. The maximum atomic E-state index is 9.37. The lowest BCUT2D eigenvalue weighted by Crippen LogP contribution is -1.91. The Morgan fingerprint density at radius 3 is 1.85 bits per heavy atom. The van der Waals surface area contributed by atoms with Gasteiger partial charge in [-0.15, -0.1) is 0 Å². The number of nitrogens with zero attached hydrogens (tertiary/aromatic N) is 1. The van der Waals surface area contributed by atoms with Gasteiger partial charge in [0.05, 0.1) is 16.7 Å². The molecule has 0 fully saturated rings. The molecule has 0 atom stereocenters. The maximum Gasteiger partial charge on any atom is 0.303 e. The normalized spacial score (nSPS) is 10.1. The van der Waals surface area contributed by atoms with Crippen LogP contribution in [0.15, 0.2) is 48.5 Å². The fourth-order valence-corrected chi connectivity index (χ4v) is 1.87. The first-order chi connectivity index (χ1) is 9.63. The van der Waals surface area contributed by atoms with E-state index in [1.54, 1.807) is 6.92 Å². The van der Waals surface area contributed by atoms with E-state index in [1.807, 2.05) is 48.5 Å². The van der Waals surface area contributed by atoms with Crippen molar-refractivity contribution in [2.45, 2.75) is 13.3 Å². The molecule has 0 unspecified atom stereocenters. The highest BCUT2D eigenvalue weighted by Gasteiger charge is 2.03. The Hall–Kier alpha value is -2.62. The van der Waals surface area contributed by atoms with E-state index in [4.69, 9.17) is 10.8 Å². The fourth-order valence-electron chi connectivity index (χ4n) is 1.87. The molecule has 0 radical (unpaired) electrons. The van der Waals surface area contributed by atoms with Gasteiger partial charge in [0.2, 0.25) is 0 Å². The van der Waals surface area contributed by atoms with Gasteiger partial charge in [0.15, 0.2) is 0 Å². The van der Waals surface area contributed by atoms with Crippen molar-refractivity contribution in [3.63, 3.8) is 0 Å². The average Bonchev–Trinajstić information content (AvgIpc) is 2.48. The van der Waals surface area contributed by atoms with Crippen LogP contribution in [0, 0.1) is 0 Å². The summed E-state index contributed by atoms with van der Waals surface area (Å²) in [5.41, 5.74) is 8.84. The highest BCUT2D eigenvalue weighted by molar-refractivity contribution is 6.06. The lowest BCUT2D eigenvalue weighted by Gasteiger charge is -2.05. The number of carboxylic acid groups (broad SMARTS) is 1. The van der Waals surface area contributed by atoms with Crippen LogP contribution in [0.3, 0.4) is 0 Å². The van der Waals surface area contributed by atoms with Gasteiger partial charge in [-0.1, -0.05) is 43.3 Å². The van der Waals surface area contributed by atoms with Crippen LogP contribution in [-0.2, 0) is 4.79 Å². The van der Waals surface area contributed by atoms with Gasteiger partial charge in [-0.05, 0) is 12.1 Å². The summed E-state index contributed by atoms with van der Waals surface area (Å²) in [6.45, 7) is 1.60. The molecular weight excluding hydrogens is 252 g/mol. The molecule has 0 bridgehead atoms. The molecule has 0 saturated heterocycles. The number of nitrogen functional groups attached to an aromatic ring is 1. The van der Waals surface area contributed by atoms with Crippen molar-refractivity contribution in [1.82, 2.24) is 4.98 Å². The quantitative estimate of drug-likeness (QED) is 0.663. The molecule has 3 rings (SSSR count). The number of fused-ring (bicyclic) bond motifs is 2. The Bertz CT molecular complexity index is 700. The van der Waals surface area contributed by atoms with Crippen LogP contribution in [0.1, 0.15) is 13.3 Å². The highest BCUT2D eigenvalue weighted by Crippen LogP contribution is 2.27. The third-order valence-electron chi connectivity index (χ3n) is 2.93. The number of pyridine rings is 1. The SMILES string of the molecule is CCC(=O)O.Nc1c2ccccc2nc2ccccc12.